The molecule has 0 radical (unpaired) electrons. The molecule has 0 heterocycles. The van der Waals surface area contributed by atoms with Gasteiger partial charge in [-0.1, -0.05) is 19.1 Å². The van der Waals surface area contributed by atoms with Gasteiger partial charge in [0.05, 0.1) is 0 Å². The van der Waals surface area contributed by atoms with Crippen LogP contribution in [0, 0.1) is 0 Å². The second kappa shape index (κ2) is 5.68. The van der Waals surface area contributed by atoms with Gasteiger partial charge in [-0.15, -0.1) is 0 Å². The van der Waals surface area contributed by atoms with Crippen LogP contribution in [-0.2, 0) is 6.54 Å². The molecule has 0 unspecified atom stereocenters. The molecule has 0 atom stereocenters. The summed E-state index contributed by atoms with van der Waals surface area (Å²) in [7, 11) is 0. The van der Waals surface area contributed by atoms with E-state index in [-0.39, 0.29) is 6.03 Å². The van der Waals surface area contributed by atoms with E-state index in [9.17, 15) is 4.79 Å². The highest BCUT2D eigenvalue weighted by molar-refractivity contribution is 5.89. The summed E-state index contributed by atoms with van der Waals surface area (Å²) in [6.07, 6.45) is 2.21. The smallest absolute Gasteiger partial charge is 0.319 e. The molecule has 4 heteroatoms. The lowest BCUT2D eigenvalue weighted by Gasteiger charge is -2.08. The summed E-state index contributed by atoms with van der Waals surface area (Å²) >= 11 is 0. The van der Waals surface area contributed by atoms with Crippen LogP contribution in [0.5, 0.6) is 0 Å². The number of rotatable bonds is 5. The molecule has 1 aliphatic rings. The van der Waals surface area contributed by atoms with Crippen LogP contribution in [0.1, 0.15) is 25.3 Å². The van der Waals surface area contributed by atoms with E-state index in [0.29, 0.717) is 6.04 Å². The quantitative estimate of drug-likeness (QED) is 0.729. The molecule has 2 amide bonds. The highest BCUT2D eigenvalue weighted by Crippen LogP contribution is 2.19. The van der Waals surface area contributed by atoms with Crippen LogP contribution in [-0.4, -0.2) is 18.6 Å². The molecule has 0 aromatic heterocycles. The summed E-state index contributed by atoms with van der Waals surface area (Å²) in [5, 5.41) is 9.01. The first-order valence-electron chi connectivity index (χ1n) is 6.15. The van der Waals surface area contributed by atoms with E-state index in [1.807, 2.05) is 24.3 Å². The van der Waals surface area contributed by atoms with Gasteiger partial charge in [0, 0.05) is 18.3 Å². The molecule has 3 N–H and O–H groups in total. The second-order valence-electron chi connectivity index (χ2n) is 4.35. The lowest BCUT2D eigenvalue weighted by atomic mass is 10.2. The number of hydrogen-bond acceptors (Lipinski definition) is 2. The maximum atomic E-state index is 11.6. The molecule has 1 fully saturated rings. The number of amides is 2. The Bertz CT molecular complexity index is 388. The first-order valence-corrected chi connectivity index (χ1v) is 6.15. The summed E-state index contributed by atoms with van der Waals surface area (Å²) in [6.45, 7) is 3.85. The SMILES string of the molecule is CCNCc1cccc(NC(=O)NC2CC2)c1. The Morgan fingerprint density at radius 2 is 2.24 bits per heavy atom. The Hall–Kier alpha value is -1.55. The van der Waals surface area contributed by atoms with E-state index in [0.717, 1.165) is 31.6 Å². The van der Waals surface area contributed by atoms with Crippen molar-refractivity contribution in [3.05, 3.63) is 29.8 Å². The molecular formula is C13H19N3O. The largest absolute Gasteiger partial charge is 0.335 e. The Labute approximate surface area is 102 Å². The van der Waals surface area contributed by atoms with Crippen LogP contribution in [0.25, 0.3) is 0 Å². The van der Waals surface area contributed by atoms with Crippen LogP contribution < -0.4 is 16.0 Å². The topological polar surface area (TPSA) is 53.2 Å². The van der Waals surface area contributed by atoms with Gasteiger partial charge < -0.3 is 16.0 Å². The number of hydrogen-bond donors (Lipinski definition) is 3. The fourth-order valence-corrected chi connectivity index (χ4v) is 1.61. The third kappa shape index (κ3) is 4.07. The van der Waals surface area contributed by atoms with Crippen molar-refractivity contribution in [3.63, 3.8) is 0 Å². The van der Waals surface area contributed by atoms with Crippen LogP contribution >= 0.6 is 0 Å². The van der Waals surface area contributed by atoms with E-state index in [2.05, 4.69) is 22.9 Å². The minimum Gasteiger partial charge on any atom is -0.335 e. The van der Waals surface area contributed by atoms with Gasteiger partial charge in [-0.3, -0.25) is 0 Å². The minimum atomic E-state index is -0.104. The maximum absolute atomic E-state index is 11.6. The lowest BCUT2D eigenvalue weighted by molar-refractivity contribution is 0.251. The van der Waals surface area contributed by atoms with Gasteiger partial charge in [0.25, 0.3) is 0 Å². The van der Waals surface area contributed by atoms with Crippen molar-refractivity contribution in [1.29, 1.82) is 0 Å². The molecule has 1 aromatic rings. The summed E-state index contributed by atoms with van der Waals surface area (Å²) in [6, 6.07) is 8.19. The highest BCUT2D eigenvalue weighted by atomic mass is 16.2. The molecule has 0 bridgehead atoms. The first-order chi connectivity index (χ1) is 8.28. The Balaban J connectivity index is 1.87. The summed E-state index contributed by atoms with van der Waals surface area (Å²) in [5.41, 5.74) is 2.02. The molecular weight excluding hydrogens is 214 g/mol. The maximum Gasteiger partial charge on any atom is 0.319 e. The van der Waals surface area contributed by atoms with E-state index in [1.54, 1.807) is 0 Å². The summed E-state index contributed by atoms with van der Waals surface area (Å²) in [5.74, 6) is 0. The molecule has 1 aromatic carbocycles. The number of nitrogens with one attached hydrogen (secondary N) is 3. The lowest BCUT2D eigenvalue weighted by Crippen LogP contribution is -2.30. The zero-order chi connectivity index (χ0) is 12.1. The third-order valence-electron chi connectivity index (χ3n) is 2.68. The fraction of sp³-hybridized carbons (Fsp3) is 0.462. The van der Waals surface area contributed by atoms with Crippen LogP contribution in [0.15, 0.2) is 24.3 Å². The molecule has 1 saturated carbocycles. The van der Waals surface area contributed by atoms with Crippen LogP contribution in [0.4, 0.5) is 10.5 Å². The third-order valence-corrected chi connectivity index (χ3v) is 2.68. The highest BCUT2D eigenvalue weighted by Gasteiger charge is 2.23. The van der Waals surface area contributed by atoms with E-state index < -0.39 is 0 Å². The van der Waals surface area contributed by atoms with Crippen LogP contribution in [0.3, 0.4) is 0 Å². The first kappa shape index (κ1) is 11.9. The van der Waals surface area contributed by atoms with Gasteiger partial charge in [0.15, 0.2) is 0 Å². The minimum absolute atomic E-state index is 0.104. The second-order valence-corrected chi connectivity index (χ2v) is 4.35. The number of urea groups is 1. The van der Waals surface area contributed by atoms with Crippen molar-refractivity contribution in [2.45, 2.75) is 32.4 Å². The zero-order valence-electron chi connectivity index (χ0n) is 10.1. The number of carbonyl (C=O) groups is 1. The predicted molar refractivity (Wildman–Crippen MR) is 69.0 cm³/mol. The van der Waals surface area contributed by atoms with Gasteiger partial charge in [0.2, 0.25) is 0 Å². The molecule has 92 valence electrons. The normalized spacial score (nSPS) is 14.4. The molecule has 0 spiro atoms. The molecule has 1 aliphatic carbocycles. The van der Waals surface area contributed by atoms with Crippen molar-refractivity contribution >= 4 is 11.7 Å². The molecule has 2 rings (SSSR count). The molecule has 4 nitrogen and oxygen atoms in total. The summed E-state index contributed by atoms with van der Waals surface area (Å²) < 4.78 is 0. The van der Waals surface area contributed by atoms with E-state index >= 15 is 0 Å². The predicted octanol–water partition coefficient (Wildman–Crippen LogP) is 2.08. The standard InChI is InChI=1S/C13H19N3O/c1-2-14-9-10-4-3-5-12(8-10)16-13(17)15-11-6-7-11/h3-5,8,11,14H,2,6-7,9H2,1H3,(H2,15,16,17). The van der Waals surface area contributed by atoms with Crippen molar-refractivity contribution in [2.75, 3.05) is 11.9 Å². The average Bonchev–Trinajstić information content (AvgIpc) is 3.10. The molecule has 0 aliphatic heterocycles. The van der Waals surface area contributed by atoms with Crippen molar-refractivity contribution in [1.82, 2.24) is 10.6 Å². The number of carbonyl (C=O) groups excluding carboxylic acids is 1. The van der Waals surface area contributed by atoms with Gasteiger partial charge >= 0.3 is 6.03 Å². The molecule has 17 heavy (non-hydrogen) atoms. The zero-order valence-corrected chi connectivity index (χ0v) is 10.1. The van der Waals surface area contributed by atoms with Gasteiger partial charge in [0.1, 0.15) is 0 Å². The fourth-order valence-electron chi connectivity index (χ4n) is 1.61. The number of anilines is 1. The monoisotopic (exact) mass is 233 g/mol. The number of benzene rings is 1. The van der Waals surface area contributed by atoms with Gasteiger partial charge in [-0.05, 0) is 37.1 Å². The van der Waals surface area contributed by atoms with E-state index in [1.165, 1.54) is 5.56 Å². The Morgan fingerprint density at radius 3 is 2.94 bits per heavy atom. The Morgan fingerprint density at radius 1 is 1.41 bits per heavy atom. The Kier molecular flexibility index (Phi) is 3.98. The van der Waals surface area contributed by atoms with Crippen molar-refractivity contribution < 1.29 is 4.79 Å². The van der Waals surface area contributed by atoms with E-state index in [4.69, 9.17) is 0 Å². The van der Waals surface area contributed by atoms with Gasteiger partial charge in [-0.2, -0.15) is 0 Å². The summed E-state index contributed by atoms with van der Waals surface area (Å²) in [4.78, 5) is 11.6. The van der Waals surface area contributed by atoms with Crippen LogP contribution in [0.2, 0.25) is 0 Å². The van der Waals surface area contributed by atoms with Gasteiger partial charge in [-0.25, -0.2) is 4.79 Å². The molecule has 0 saturated heterocycles. The van der Waals surface area contributed by atoms with Crippen molar-refractivity contribution in [3.8, 4) is 0 Å². The van der Waals surface area contributed by atoms with Crippen molar-refractivity contribution in [2.24, 2.45) is 0 Å². The average molecular weight is 233 g/mol.